The van der Waals surface area contributed by atoms with E-state index in [4.69, 9.17) is 9.47 Å². The van der Waals surface area contributed by atoms with Crippen LogP contribution in [0.15, 0.2) is 43.0 Å². The predicted molar refractivity (Wildman–Crippen MR) is 70.6 cm³/mol. The number of aromatic nitrogens is 3. The number of rotatable bonds is 2. The van der Waals surface area contributed by atoms with Crippen LogP contribution in [-0.2, 0) is 14.3 Å². The van der Waals surface area contributed by atoms with Crippen LogP contribution in [0.4, 0.5) is 0 Å². The van der Waals surface area contributed by atoms with Gasteiger partial charge in [0.2, 0.25) is 5.79 Å². The van der Waals surface area contributed by atoms with Crippen molar-refractivity contribution in [1.82, 2.24) is 14.8 Å². The summed E-state index contributed by atoms with van der Waals surface area (Å²) in [6.45, 7) is 3.39. The standard InChI is InChI=1S/C14H13N3O3/c1-14(2)19-12(7-13(18)20-14)10-4-3-5-11(6-10)17-9-15-8-16-17/h3-9H,1-2H3. The minimum Gasteiger partial charge on any atom is -0.452 e. The van der Waals surface area contributed by atoms with Crippen molar-refractivity contribution in [2.24, 2.45) is 0 Å². The molecule has 2 aromatic rings. The molecule has 3 rings (SSSR count). The first-order valence-electron chi connectivity index (χ1n) is 6.13. The molecule has 0 atom stereocenters. The molecular weight excluding hydrogens is 258 g/mol. The van der Waals surface area contributed by atoms with E-state index in [1.807, 2.05) is 24.3 Å². The van der Waals surface area contributed by atoms with E-state index in [9.17, 15) is 4.79 Å². The van der Waals surface area contributed by atoms with Gasteiger partial charge in [-0.25, -0.2) is 14.5 Å². The van der Waals surface area contributed by atoms with Crippen molar-refractivity contribution < 1.29 is 14.3 Å². The molecule has 0 fully saturated rings. The Morgan fingerprint density at radius 2 is 2.10 bits per heavy atom. The van der Waals surface area contributed by atoms with Gasteiger partial charge in [0.25, 0.3) is 0 Å². The second-order valence-electron chi connectivity index (χ2n) is 4.82. The van der Waals surface area contributed by atoms with Crippen LogP contribution in [0.1, 0.15) is 19.4 Å². The molecule has 0 spiro atoms. The lowest BCUT2D eigenvalue weighted by Gasteiger charge is -2.30. The molecule has 102 valence electrons. The molecule has 1 aromatic carbocycles. The van der Waals surface area contributed by atoms with Gasteiger partial charge in [-0.1, -0.05) is 12.1 Å². The van der Waals surface area contributed by atoms with Crippen LogP contribution in [-0.4, -0.2) is 26.5 Å². The second kappa shape index (κ2) is 4.48. The average molecular weight is 271 g/mol. The number of ether oxygens (including phenoxy) is 2. The fourth-order valence-corrected chi connectivity index (χ4v) is 1.98. The summed E-state index contributed by atoms with van der Waals surface area (Å²) in [6.07, 6.45) is 4.41. The van der Waals surface area contributed by atoms with Gasteiger partial charge in [0.05, 0.1) is 11.8 Å². The number of benzene rings is 1. The minimum atomic E-state index is -0.968. The Hall–Kier alpha value is -2.63. The summed E-state index contributed by atoms with van der Waals surface area (Å²) in [5.74, 6) is -0.902. The van der Waals surface area contributed by atoms with E-state index in [0.717, 1.165) is 11.3 Å². The molecule has 0 saturated heterocycles. The maximum atomic E-state index is 11.6. The van der Waals surface area contributed by atoms with Gasteiger partial charge in [-0.15, -0.1) is 0 Å². The molecule has 6 heteroatoms. The lowest BCUT2D eigenvalue weighted by atomic mass is 10.1. The highest BCUT2D eigenvalue weighted by Gasteiger charge is 2.30. The number of nitrogens with zero attached hydrogens (tertiary/aromatic N) is 3. The van der Waals surface area contributed by atoms with Crippen LogP contribution in [0, 0.1) is 0 Å². The number of esters is 1. The summed E-state index contributed by atoms with van der Waals surface area (Å²) in [7, 11) is 0. The van der Waals surface area contributed by atoms with Crippen molar-refractivity contribution in [2.45, 2.75) is 19.6 Å². The SMILES string of the molecule is CC1(C)OC(=O)C=C(c2cccc(-n3cncn3)c2)O1. The van der Waals surface area contributed by atoms with Crippen LogP contribution in [0.2, 0.25) is 0 Å². The molecule has 20 heavy (non-hydrogen) atoms. The molecule has 1 aromatic heterocycles. The maximum absolute atomic E-state index is 11.6. The van der Waals surface area contributed by atoms with Gasteiger partial charge in [-0.05, 0) is 12.1 Å². The smallest absolute Gasteiger partial charge is 0.337 e. The van der Waals surface area contributed by atoms with Crippen molar-refractivity contribution in [3.8, 4) is 5.69 Å². The third kappa shape index (κ3) is 2.40. The number of carbonyl (C=O) groups excluding carboxylic acids is 1. The fraction of sp³-hybridized carbons (Fsp3) is 0.214. The zero-order chi connectivity index (χ0) is 14.2. The van der Waals surface area contributed by atoms with Crippen molar-refractivity contribution in [2.75, 3.05) is 0 Å². The van der Waals surface area contributed by atoms with Gasteiger partial charge in [-0.3, -0.25) is 0 Å². The summed E-state index contributed by atoms with van der Waals surface area (Å²) in [6, 6.07) is 7.49. The van der Waals surface area contributed by atoms with E-state index in [2.05, 4.69) is 10.1 Å². The van der Waals surface area contributed by atoms with Crippen LogP contribution in [0.5, 0.6) is 0 Å². The predicted octanol–water partition coefficient (Wildman–Crippen LogP) is 1.92. The highest BCUT2D eigenvalue weighted by molar-refractivity contribution is 5.91. The van der Waals surface area contributed by atoms with Crippen LogP contribution < -0.4 is 0 Å². The van der Waals surface area contributed by atoms with E-state index < -0.39 is 11.8 Å². The monoisotopic (exact) mass is 271 g/mol. The largest absolute Gasteiger partial charge is 0.452 e. The third-order valence-corrected chi connectivity index (χ3v) is 2.77. The summed E-state index contributed by atoms with van der Waals surface area (Å²) in [4.78, 5) is 15.5. The lowest BCUT2D eigenvalue weighted by Crippen LogP contribution is -2.33. The zero-order valence-corrected chi connectivity index (χ0v) is 11.1. The Morgan fingerprint density at radius 1 is 1.25 bits per heavy atom. The summed E-state index contributed by atoms with van der Waals surface area (Å²) in [5.41, 5.74) is 1.61. The van der Waals surface area contributed by atoms with Gasteiger partial charge >= 0.3 is 5.97 Å². The van der Waals surface area contributed by atoms with Crippen molar-refractivity contribution in [3.05, 3.63) is 48.6 Å². The molecule has 1 aliphatic heterocycles. The maximum Gasteiger partial charge on any atom is 0.337 e. The number of hydrogen-bond donors (Lipinski definition) is 0. The summed E-state index contributed by atoms with van der Waals surface area (Å²) >= 11 is 0. The van der Waals surface area contributed by atoms with Crippen molar-refractivity contribution >= 4 is 11.7 Å². The second-order valence-corrected chi connectivity index (χ2v) is 4.82. The number of carbonyl (C=O) groups is 1. The zero-order valence-electron chi connectivity index (χ0n) is 11.1. The van der Waals surface area contributed by atoms with Gasteiger partial charge < -0.3 is 9.47 Å². The molecule has 0 N–H and O–H groups in total. The highest BCUT2D eigenvalue weighted by Crippen LogP contribution is 2.29. The molecule has 0 radical (unpaired) electrons. The van der Waals surface area contributed by atoms with Crippen LogP contribution in [0.3, 0.4) is 0 Å². The van der Waals surface area contributed by atoms with E-state index in [-0.39, 0.29) is 0 Å². The van der Waals surface area contributed by atoms with E-state index in [1.54, 1.807) is 24.9 Å². The van der Waals surface area contributed by atoms with Gasteiger partial charge in [0.1, 0.15) is 18.4 Å². The first kappa shape index (κ1) is 12.4. The fourth-order valence-electron chi connectivity index (χ4n) is 1.98. The topological polar surface area (TPSA) is 66.2 Å². The van der Waals surface area contributed by atoms with Gasteiger partial charge in [0, 0.05) is 19.4 Å². The van der Waals surface area contributed by atoms with Crippen LogP contribution in [0.25, 0.3) is 11.4 Å². The Balaban J connectivity index is 1.99. The van der Waals surface area contributed by atoms with E-state index in [0.29, 0.717) is 5.76 Å². The Labute approximate surface area is 115 Å². The first-order valence-corrected chi connectivity index (χ1v) is 6.13. The van der Waals surface area contributed by atoms with Crippen molar-refractivity contribution in [1.29, 1.82) is 0 Å². The van der Waals surface area contributed by atoms with Gasteiger partial charge in [0.15, 0.2) is 0 Å². The molecular formula is C14H13N3O3. The molecule has 0 aliphatic carbocycles. The molecule has 6 nitrogen and oxygen atoms in total. The Morgan fingerprint density at radius 3 is 2.80 bits per heavy atom. The average Bonchev–Trinajstić information content (AvgIpc) is 2.90. The minimum absolute atomic E-state index is 0.414. The third-order valence-electron chi connectivity index (χ3n) is 2.77. The summed E-state index contributed by atoms with van der Waals surface area (Å²) < 4.78 is 12.4. The molecule has 0 unspecified atom stereocenters. The number of cyclic esters (lactones) is 1. The van der Waals surface area contributed by atoms with Crippen molar-refractivity contribution in [3.63, 3.8) is 0 Å². The lowest BCUT2D eigenvalue weighted by molar-refractivity contribution is -0.193. The molecule has 0 bridgehead atoms. The molecule has 2 heterocycles. The van der Waals surface area contributed by atoms with E-state index >= 15 is 0 Å². The molecule has 0 amide bonds. The Kier molecular flexibility index (Phi) is 2.78. The summed E-state index contributed by atoms with van der Waals surface area (Å²) in [5, 5.41) is 4.07. The number of hydrogen-bond acceptors (Lipinski definition) is 5. The normalized spacial score (nSPS) is 17.1. The van der Waals surface area contributed by atoms with E-state index in [1.165, 1.54) is 12.4 Å². The molecule has 0 saturated carbocycles. The van der Waals surface area contributed by atoms with Gasteiger partial charge in [-0.2, -0.15) is 5.10 Å². The highest BCUT2D eigenvalue weighted by atomic mass is 16.7. The quantitative estimate of drug-likeness (QED) is 0.781. The first-order chi connectivity index (χ1) is 9.53. The molecule has 1 aliphatic rings. The van der Waals surface area contributed by atoms with Crippen LogP contribution >= 0.6 is 0 Å². The Bertz CT molecular complexity index is 675.